The number of primary amides is 2. The number of nitrogens with two attached hydrogens (primary N) is 2. The first-order valence-corrected chi connectivity index (χ1v) is 9.69. The maximum Gasteiger partial charge on any atom is 0.248 e. The van der Waals surface area contributed by atoms with Crippen LogP contribution in [0.3, 0.4) is 0 Å². The van der Waals surface area contributed by atoms with Gasteiger partial charge in [-0.15, -0.1) is 0 Å². The van der Waals surface area contributed by atoms with Gasteiger partial charge < -0.3 is 11.5 Å². The van der Waals surface area contributed by atoms with Gasteiger partial charge in [0, 0.05) is 5.56 Å². The minimum absolute atomic E-state index is 0.113. The molecule has 144 valence electrons. The number of benzene rings is 2. The highest BCUT2D eigenvalue weighted by molar-refractivity contribution is 7.89. The lowest BCUT2D eigenvalue weighted by atomic mass is 9.69. The summed E-state index contributed by atoms with van der Waals surface area (Å²) in [5.41, 5.74) is 8.94. The Morgan fingerprint density at radius 2 is 1.41 bits per heavy atom. The van der Waals surface area contributed by atoms with Gasteiger partial charge in [-0.3, -0.25) is 9.59 Å². The minimum Gasteiger partial charge on any atom is -0.368 e. The van der Waals surface area contributed by atoms with Crippen molar-refractivity contribution in [1.82, 2.24) is 4.72 Å². The van der Waals surface area contributed by atoms with Crippen molar-refractivity contribution in [2.75, 3.05) is 0 Å². The van der Waals surface area contributed by atoms with Crippen molar-refractivity contribution in [2.24, 2.45) is 16.9 Å². The van der Waals surface area contributed by atoms with Crippen molar-refractivity contribution in [3.8, 4) is 0 Å². The van der Waals surface area contributed by atoms with E-state index in [-0.39, 0.29) is 10.5 Å². The smallest absolute Gasteiger partial charge is 0.248 e. The van der Waals surface area contributed by atoms with E-state index < -0.39 is 32.8 Å². The summed E-state index contributed by atoms with van der Waals surface area (Å²) in [6.07, 6.45) is 0. The third-order valence-corrected chi connectivity index (χ3v) is 5.91. The van der Waals surface area contributed by atoms with Gasteiger partial charge in [0.2, 0.25) is 21.8 Å². The van der Waals surface area contributed by atoms with E-state index in [1.165, 1.54) is 24.3 Å². The molecule has 27 heavy (non-hydrogen) atoms. The van der Waals surface area contributed by atoms with Gasteiger partial charge in [-0.2, -0.15) is 4.72 Å². The number of rotatable bonds is 6. The van der Waals surface area contributed by atoms with Crippen LogP contribution in [-0.4, -0.2) is 20.2 Å². The topological polar surface area (TPSA) is 132 Å². The van der Waals surface area contributed by atoms with Crippen LogP contribution in [0.15, 0.2) is 59.5 Å². The molecule has 1 unspecified atom stereocenters. The zero-order valence-electron chi connectivity index (χ0n) is 15.4. The molecule has 0 aliphatic rings. The summed E-state index contributed by atoms with van der Waals surface area (Å²) in [6.45, 7) is 5.18. The van der Waals surface area contributed by atoms with E-state index in [2.05, 4.69) is 4.72 Å². The van der Waals surface area contributed by atoms with E-state index in [0.717, 1.165) is 0 Å². The molecule has 0 saturated heterocycles. The van der Waals surface area contributed by atoms with Gasteiger partial charge in [-0.1, -0.05) is 51.1 Å². The van der Waals surface area contributed by atoms with Crippen LogP contribution >= 0.6 is 0 Å². The van der Waals surface area contributed by atoms with Crippen LogP contribution in [0.2, 0.25) is 0 Å². The van der Waals surface area contributed by atoms with Gasteiger partial charge in [0.1, 0.15) is 5.54 Å². The molecule has 8 heteroatoms. The molecular weight excluding hydrogens is 366 g/mol. The highest BCUT2D eigenvalue weighted by Crippen LogP contribution is 2.40. The highest BCUT2D eigenvalue weighted by Gasteiger charge is 2.51. The molecule has 0 aliphatic carbocycles. The fourth-order valence-corrected chi connectivity index (χ4v) is 4.49. The molecule has 2 rings (SSSR count). The zero-order valence-corrected chi connectivity index (χ0v) is 16.2. The Morgan fingerprint density at radius 3 is 1.81 bits per heavy atom. The van der Waals surface area contributed by atoms with Crippen LogP contribution in [0.5, 0.6) is 0 Å². The Hall–Kier alpha value is -2.71. The van der Waals surface area contributed by atoms with Crippen LogP contribution < -0.4 is 16.2 Å². The summed E-state index contributed by atoms with van der Waals surface area (Å²) in [6, 6.07) is 13.6. The average molecular weight is 389 g/mol. The SMILES string of the molecule is CC(C)(C)C(NS(=O)(=O)c1ccc(C(N)=O)cc1)(C(N)=O)c1ccccc1. The molecule has 5 N–H and O–H groups in total. The van der Waals surface area contributed by atoms with Gasteiger partial charge in [-0.25, -0.2) is 8.42 Å². The largest absolute Gasteiger partial charge is 0.368 e. The quantitative estimate of drug-likeness (QED) is 0.690. The first kappa shape index (κ1) is 20.6. The van der Waals surface area contributed by atoms with Gasteiger partial charge in [0.15, 0.2) is 0 Å². The van der Waals surface area contributed by atoms with E-state index in [1.807, 2.05) is 0 Å². The second kappa shape index (κ2) is 7.13. The first-order chi connectivity index (χ1) is 12.4. The van der Waals surface area contributed by atoms with Crippen LogP contribution in [0.25, 0.3) is 0 Å². The minimum atomic E-state index is -4.14. The second-order valence-electron chi connectivity index (χ2n) is 7.22. The van der Waals surface area contributed by atoms with Gasteiger partial charge in [-0.05, 0) is 35.2 Å². The monoisotopic (exact) mass is 389 g/mol. The van der Waals surface area contributed by atoms with Crippen LogP contribution in [0.1, 0.15) is 36.7 Å². The van der Waals surface area contributed by atoms with Crippen molar-refractivity contribution >= 4 is 21.8 Å². The highest BCUT2D eigenvalue weighted by atomic mass is 32.2. The van der Waals surface area contributed by atoms with E-state index in [1.54, 1.807) is 51.1 Å². The molecule has 0 aromatic heterocycles. The van der Waals surface area contributed by atoms with Crippen LogP contribution in [0.4, 0.5) is 0 Å². The Kier molecular flexibility index (Phi) is 5.44. The number of sulfonamides is 1. The van der Waals surface area contributed by atoms with Crippen LogP contribution in [0, 0.1) is 5.41 Å². The lowest BCUT2D eigenvalue weighted by molar-refractivity contribution is -0.128. The average Bonchev–Trinajstić information content (AvgIpc) is 2.59. The molecule has 0 spiro atoms. The van der Waals surface area contributed by atoms with E-state index in [9.17, 15) is 18.0 Å². The second-order valence-corrected chi connectivity index (χ2v) is 8.91. The van der Waals surface area contributed by atoms with E-state index in [0.29, 0.717) is 5.56 Å². The fourth-order valence-electron chi connectivity index (χ4n) is 2.95. The Balaban J connectivity index is 2.61. The number of carbonyl (C=O) groups is 2. The Morgan fingerprint density at radius 1 is 0.889 bits per heavy atom. The maximum atomic E-state index is 13.0. The maximum absolute atomic E-state index is 13.0. The molecule has 0 aliphatic heterocycles. The van der Waals surface area contributed by atoms with Crippen LogP contribution in [-0.2, 0) is 20.4 Å². The predicted molar refractivity (Wildman–Crippen MR) is 102 cm³/mol. The molecule has 2 aromatic rings. The van der Waals surface area contributed by atoms with E-state index >= 15 is 0 Å². The number of hydrogen-bond acceptors (Lipinski definition) is 4. The van der Waals surface area contributed by atoms with Crippen molar-refractivity contribution in [1.29, 1.82) is 0 Å². The van der Waals surface area contributed by atoms with Gasteiger partial charge in [0.05, 0.1) is 4.90 Å². The molecule has 0 radical (unpaired) electrons. The third kappa shape index (κ3) is 3.86. The molecule has 0 fully saturated rings. The molecule has 1 atom stereocenters. The third-order valence-electron chi connectivity index (χ3n) is 4.44. The normalized spacial score (nSPS) is 14.3. The summed E-state index contributed by atoms with van der Waals surface area (Å²) < 4.78 is 28.5. The zero-order chi connectivity index (χ0) is 20.5. The molecule has 0 heterocycles. The molecular formula is C19H23N3O4S. The van der Waals surface area contributed by atoms with Gasteiger partial charge >= 0.3 is 0 Å². The molecule has 2 amide bonds. The number of hydrogen-bond donors (Lipinski definition) is 3. The Labute approximate surface area is 158 Å². The number of amides is 2. The van der Waals surface area contributed by atoms with E-state index in [4.69, 9.17) is 11.5 Å². The standard InChI is InChI=1S/C19H23N3O4S/c1-18(2,3)19(17(21)24,14-7-5-4-6-8-14)22-27(25,26)15-11-9-13(10-12-15)16(20)23/h4-12,22H,1-3H3,(H2,20,23)(H2,21,24). The predicted octanol–water partition coefficient (Wildman–Crippen LogP) is 1.49. The number of nitrogens with one attached hydrogen (secondary N) is 1. The summed E-state index contributed by atoms with van der Waals surface area (Å²) in [7, 11) is -4.14. The number of carbonyl (C=O) groups excluding carboxylic acids is 2. The van der Waals surface area contributed by atoms with Crippen molar-refractivity contribution < 1.29 is 18.0 Å². The van der Waals surface area contributed by atoms with Crippen molar-refractivity contribution in [2.45, 2.75) is 31.2 Å². The Bertz CT molecular complexity index is 949. The lowest BCUT2D eigenvalue weighted by Gasteiger charge is -2.42. The molecule has 0 saturated carbocycles. The summed E-state index contributed by atoms with van der Waals surface area (Å²) >= 11 is 0. The van der Waals surface area contributed by atoms with Crippen molar-refractivity contribution in [3.63, 3.8) is 0 Å². The summed E-state index contributed by atoms with van der Waals surface area (Å²) in [5.74, 6) is -1.49. The summed E-state index contributed by atoms with van der Waals surface area (Å²) in [5, 5.41) is 0. The molecule has 2 aromatic carbocycles. The fraction of sp³-hybridized carbons (Fsp3) is 0.263. The first-order valence-electron chi connectivity index (χ1n) is 8.21. The lowest BCUT2D eigenvalue weighted by Crippen LogP contribution is -2.61. The molecule has 0 bridgehead atoms. The summed E-state index contributed by atoms with van der Waals surface area (Å²) in [4.78, 5) is 23.6. The van der Waals surface area contributed by atoms with Gasteiger partial charge in [0.25, 0.3) is 0 Å². The van der Waals surface area contributed by atoms with Crippen molar-refractivity contribution in [3.05, 3.63) is 65.7 Å². The molecule has 7 nitrogen and oxygen atoms in total.